The summed E-state index contributed by atoms with van der Waals surface area (Å²) in [7, 11) is 0. The van der Waals surface area contributed by atoms with Crippen LogP contribution in [-0.2, 0) is 30.3 Å². The maximum atomic E-state index is 14.5. The molecule has 0 aliphatic heterocycles. The van der Waals surface area contributed by atoms with Gasteiger partial charge in [-0.25, -0.2) is 9.59 Å². The van der Waals surface area contributed by atoms with E-state index in [2.05, 4.69) is 24.1 Å². The predicted octanol–water partition coefficient (Wildman–Crippen LogP) is 7.01. The number of hydrogen-bond acceptors (Lipinski definition) is 6. The monoisotopic (exact) mass is 649 g/mol. The molecule has 47 heavy (non-hydrogen) atoms. The molecule has 0 fully saturated rings. The van der Waals surface area contributed by atoms with Gasteiger partial charge >= 0.3 is 12.1 Å². The largest absolute Gasteiger partial charge is 0.458 e. The molecule has 3 atom stereocenters. The van der Waals surface area contributed by atoms with Crippen molar-refractivity contribution in [3.05, 3.63) is 77.9 Å². The Labute approximate surface area is 281 Å². The smallest absolute Gasteiger partial charge is 0.408 e. The summed E-state index contributed by atoms with van der Waals surface area (Å²) >= 11 is 0. The third kappa shape index (κ3) is 13.2. The van der Waals surface area contributed by atoms with Crippen molar-refractivity contribution in [2.24, 2.45) is 5.92 Å². The van der Waals surface area contributed by atoms with Crippen molar-refractivity contribution in [3.8, 4) is 0 Å². The molecule has 0 radical (unpaired) electrons. The normalized spacial score (nSPS) is 13.6. The average molecular weight is 650 g/mol. The van der Waals surface area contributed by atoms with Crippen LogP contribution in [0, 0.1) is 5.92 Å². The van der Waals surface area contributed by atoms with E-state index in [0.717, 1.165) is 24.0 Å². The molecule has 2 N–H and O–H groups in total. The van der Waals surface area contributed by atoms with Crippen LogP contribution in [0.4, 0.5) is 4.79 Å². The Morgan fingerprint density at radius 2 is 1.51 bits per heavy atom. The molecule has 2 aromatic rings. The molecule has 0 heterocycles. The summed E-state index contributed by atoms with van der Waals surface area (Å²) in [4.78, 5) is 57.0. The fourth-order valence-corrected chi connectivity index (χ4v) is 5.02. The Morgan fingerprint density at radius 3 is 2.06 bits per heavy atom. The number of amides is 3. The molecule has 0 aliphatic carbocycles. The third-order valence-corrected chi connectivity index (χ3v) is 7.20. The first kappa shape index (κ1) is 39.0. The van der Waals surface area contributed by atoms with E-state index in [-0.39, 0.29) is 18.9 Å². The molecule has 2 rings (SSSR count). The maximum Gasteiger partial charge on any atom is 0.408 e. The lowest BCUT2D eigenvalue weighted by Crippen LogP contribution is -2.56. The molecule has 0 saturated carbocycles. The van der Waals surface area contributed by atoms with Crippen LogP contribution in [0.15, 0.2) is 61.2 Å². The van der Waals surface area contributed by atoms with E-state index < -0.39 is 53.2 Å². The number of nitrogens with zero attached hydrogens (tertiary/aromatic N) is 1. The van der Waals surface area contributed by atoms with Gasteiger partial charge in [-0.05, 0) is 76.6 Å². The lowest BCUT2D eigenvalue weighted by molar-refractivity contribution is -0.159. The van der Waals surface area contributed by atoms with Crippen molar-refractivity contribution in [2.45, 2.75) is 117 Å². The number of carbonyl (C=O) groups is 4. The molecular formula is C38H55N3O6. The number of nitrogens with one attached hydrogen (secondary N) is 2. The Hall–Kier alpha value is -4.14. The van der Waals surface area contributed by atoms with Gasteiger partial charge in [-0.2, -0.15) is 0 Å². The lowest BCUT2D eigenvalue weighted by Gasteiger charge is -2.36. The van der Waals surface area contributed by atoms with Gasteiger partial charge in [-0.15, -0.1) is 0 Å². The van der Waals surface area contributed by atoms with E-state index in [4.69, 9.17) is 9.47 Å². The zero-order valence-corrected chi connectivity index (χ0v) is 29.7. The summed E-state index contributed by atoms with van der Waals surface area (Å²) < 4.78 is 11.2. The van der Waals surface area contributed by atoms with Crippen LogP contribution in [0.25, 0.3) is 6.08 Å². The van der Waals surface area contributed by atoms with Gasteiger partial charge in [0.05, 0.1) is 0 Å². The number of carbonyl (C=O) groups excluding carboxylic acids is 4. The third-order valence-electron chi connectivity index (χ3n) is 7.20. The van der Waals surface area contributed by atoms with Crippen LogP contribution < -0.4 is 10.6 Å². The van der Waals surface area contributed by atoms with E-state index in [0.29, 0.717) is 12.0 Å². The maximum absolute atomic E-state index is 14.5. The van der Waals surface area contributed by atoms with E-state index in [1.54, 1.807) is 59.8 Å². The van der Waals surface area contributed by atoms with Crippen LogP contribution in [0.5, 0.6) is 0 Å². The first-order valence-electron chi connectivity index (χ1n) is 16.5. The van der Waals surface area contributed by atoms with Crippen LogP contribution >= 0.6 is 0 Å². The molecular weight excluding hydrogens is 594 g/mol. The molecule has 0 aromatic heterocycles. The van der Waals surface area contributed by atoms with Crippen molar-refractivity contribution in [2.75, 3.05) is 6.54 Å². The Kier molecular flexibility index (Phi) is 14.7. The number of alkyl carbamates (subject to hydrolysis) is 1. The molecule has 0 aliphatic rings. The van der Waals surface area contributed by atoms with Crippen LogP contribution in [0.3, 0.4) is 0 Å². The summed E-state index contributed by atoms with van der Waals surface area (Å²) in [5.74, 6) is -1.87. The second kappa shape index (κ2) is 17.7. The van der Waals surface area contributed by atoms with Gasteiger partial charge in [-0.1, -0.05) is 94.8 Å². The van der Waals surface area contributed by atoms with Crippen molar-refractivity contribution in [1.82, 2.24) is 15.5 Å². The highest BCUT2D eigenvalue weighted by molar-refractivity contribution is 5.94. The van der Waals surface area contributed by atoms with Gasteiger partial charge in [0.1, 0.15) is 29.3 Å². The fourth-order valence-electron chi connectivity index (χ4n) is 5.02. The molecule has 9 nitrogen and oxygen atoms in total. The number of ether oxygens (including phenoxy) is 2. The minimum atomic E-state index is -1.12. The zero-order chi connectivity index (χ0) is 35.4. The number of benzene rings is 2. The summed E-state index contributed by atoms with van der Waals surface area (Å²) in [6.07, 6.45) is 3.49. The molecule has 2 aromatic carbocycles. The van der Waals surface area contributed by atoms with Crippen LogP contribution in [0.2, 0.25) is 0 Å². The number of unbranched alkanes of at least 4 members (excludes halogenated alkanes) is 2. The SMILES string of the molecule is C=Cc1cccc(C(C(=O)NC(Cc2ccccc2)C(=O)OC(C)(C)C)N(CCCCC)C(=O)C(NC(=O)OC(C)(C)C)C(C)C)c1. The minimum absolute atomic E-state index is 0.194. The summed E-state index contributed by atoms with van der Waals surface area (Å²) in [6, 6.07) is 13.5. The van der Waals surface area contributed by atoms with Gasteiger partial charge < -0.3 is 25.0 Å². The summed E-state index contributed by atoms with van der Waals surface area (Å²) in [6.45, 7) is 20.4. The van der Waals surface area contributed by atoms with Gasteiger partial charge in [-0.3, -0.25) is 9.59 Å². The standard InChI is InChI=1S/C38H55N3O6/c1-11-13-17-23-41(34(43)31(26(3)4)40-36(45)47-38(8,9)10)32(29-22-18-21-27(12-2)24-29)33(42)39-30(35(44)46-37(5,6)7)25-28-19-15-14-16-20-28/h12,14-16,18-22,24,26,30-32H,2,11,13,17,23,25H2,1,3-10H3,(H,39,42)(H,40,45). The summed E-state index contributed by atoms with van der Waals surface area (Å²) in [5.41, 5.74) is 0.604. The van der Waals surface area contributed by atoms with E-state index >= 15 is 0 Å². The Bertz CT molecular complexity index is 1340. The van der Waals surface area contributed by atoms with Crippen molar-refractivity contribution in [1.29, 1.82) is 0 Å². The van der Waals surface area contributed by atoms with Gasteiger partial charge in [0.15, 0.2) is 0 Å². The number of hydrogen-bond donors (Lipinski definition) is 2. The second-order valence-electron chi connectivity index (χ2n) is 14.2. The molecule has 258 valence electrons. The highest BCUT2D eigenvalue weighted by atomic mass is 16.6. The Balaban J connectivity index is 2.65. The number of esters is 1. The molecule has 0 bridgehead atoms. The first-order chi connectivity index (χ1) is 22.0. The van der Waals surface area contributed by atoms with E-state index in [1.807, 2.05) is 56.3 Å². The zero-order valence-electron chi connectivity index (χ0n) is 29.7. The Morgan fingerprint density at radius 1 is 0.872 bits per heavy atom. The predicted molar refractivity (Wildman–Crippen MR) is 186 cm³/mol. The van der Waals surface area contributed by atoms with Crippen molar-refractivity contribution >= 4 is 30.0 Å². The lowest BCUT2D eigenvalue weighted by atomic mass is 9.96. The molecule has 0 saturated heterocycles. The molecule has 0 spiro atoms. The molecule has 9 heteroatoms. The second-order valence-corrected chi connectivity index (χ2v) is 14.2. The average Bonchev–Trinajstić information content (AvgIpc) is 2.97. The van der Waals surface area contributed by atoms with Crippen molar-refractivity contribution in [3.63, 3.8) is 0 Å². The van der Waals surface area contributed by atoms with Crippen LogP contribution in [0.1, 0.15) is 104 Å². The number of rotatable bonds is 15. The van der Waals surface area contributed by atoms with E-state index in [1.165, 1.54) is 4.90 Å². The van der Waals surface area contributed by atoms with E-state index in [9.17, 15) is 19.2 Å². The highest BCUT2D eigenvalue weighted by Gasteiger charge is 2.39. The highest BCUT2D eigenvalue weighted by Crippen LogP contribution is 2.27. The fraction of sp³-hybridized carbons (Fsp3) is 0.526. The first-order valence-corrected chi connectivity index (χ1v) is 16.5. The van der Waals surface area contributed by atoms with Gasteiger partial charge in [0.2, 0.25) is 11.8 Å². The van der Waals surface area contributed by atoms with Gasteiger partial charge in [0.25, 0.3) is 0 Å². The van der Waals surface area contributed by atoms with Crippen molar-refractivity contribution < 1.29 is 28.7 Å². The topological polar surface area (TPSA) is 114 Å². The molecule has 3 unspecified atom stereocenters. The van der Waals surface area contributed by atoms with Gasteiger partial charge in [0, 0.05) is 13.0 Å². The summed E-state index contributed by atoms with van der Waals surface area (Å²) in [5, 5.41) is 5.70. The quantitative estimate of drug-likeness (QED) is 0.159. The van der Waals surface area contributed by atoms with Crippen LogP contribution in [-0.4, -0.2) is 58.6 Å². The molecule has 3 amide bonds. The minimum Gasteiger partial charge on any atom is -0.458 e.